The Kier molecular flexibility index (Phi) is 5.30. The summed E-state index contributed by atoms with van der Waals surface area (Å²) in [5.74, 6) is 0. The fraction of sp³-hybridized carbons (Fsp3) is 0.526. The van der Waals surface area contributed by atoms with Crippen LogP contribution in [0.15, 0.2) is 18.2 Å². The van der Waals surface area contributed by atoms with Crippen LogP contribution < -0.4 is 10.6 Å². The number of rotatable bonds is 4. The van der Waals surface area contributed by atoms with Crippen LogP contribution in [0.2, 0.25) is 5.02 Å². The van der Waals surface area contributed by atoms with Crippen LogP contribution in [0.5, 0.6) is 0 Å². The standard InChI is InChI=1S/C19H25ClN6O2/c1-21-18(27)25-8-2-3-14(11-25)26(13-5-6-13)19(28)22-10-17-15-9-12(20)4-7-16(15)23-24-17/h4,7,9,13-14H,2-3,5-6,8,10-11H2,1H3,(H,21,27)(H,22,28)(H,23,24). The topological polar surface area (TPSA) is 93.4 Å². The highest BCUT2D eigenvalue weighted by Gasteiger charge is 2.39. The van der Waals surface area contributed by atoms with E-state index in [4.69, 9.17) is 11.6 Å². The Hall–Kier alpha value is -2.48. The molecule has 1 saturated heterocycles. The van der Waals surface area contributed by atoms with E-state index in [1.54, 1.807) is 18.0 Å². The summed E-state index contributed by atoms with van der Waals surface area (Å²) in [6.45, 7) is 1.66. The van der Waals surface area contributed by atoms with E-state index in [9.17, 15) is 9.59 Å². The van der Waals surface area contributed by atoms with Gasteiger partial charge in [-0.05, 0) is 43.9 Å². The van der Waals surface area contributed by atoms with Gasteiger partial charge in [-0.25, -0.2) is 9.59 Å². The van der Waals surface area contributed by atoms with Gasteiger partial charge in [0, 0.05) is 36.6 Å². The lowest BCUT2D eigenvalue weighted by Gasteiger charge is -2.39. The molecule has 2 aromatic rings. The van der Waals surface area contributed by atoms with E-state index < -0.39 is 0 Å². The van der Waals surface area contributed by atoms with Gasteiger partial charge in [0.1, 0.15) is 0 Å². The molecule has 4 amide bonds. The van der Waals surface area contributed by atoms with Crippen molar-refractivity contribution in [2.24, 2.45) is 0 Å². The smallest absolute Gasteiger partial charge is 0.318 e. The molecule has 2 fully saturated rings. The number of urea groups is 2. The van der Waals surface area contributed by atoms with Crippen molar-refractivity contribution in [1.29, 1.82) is 0 Å². The van der Waals surface area contributed by atoms with Gasteiger partial charge in [0.2, 0.25) is 0 Å². The first-order valence-electron chi connectivity index (χ1n) is 9.72. The SMILES string of the molecule is CNC(=O)N1CCCC(N(C(=O)NCc2[nH]nc3ccc(Cl)cc23)C2CC2)C1. The molecule has 4 rings (SSSR count). The summed E-state index contributed by atoms with van der Waals surface area (Å²) < 4.78 is 0. The van der Waals surface area contributed by atoms with Gasteiger partial charge in [0.05, 0.1) is 23.8 Å². The maximum absolute atomic E-state index is 13.0. The monoisotopic (exact) mass is 404 g/mol. The molecule has 1 unspecified atom stereocenters. The zero-order chi connectivity index (χ0) is 19.7. The molecule has 2 aliphatic rings. The number of aromatic amines is 1. The number of H-pyrrole nitrogens is 1. The number of aromatic nitrogens is 2. The van der Waals surface area contributed by atoms with Crippen molar-refractivity contribution in [2.75, 3.05) is 20.1 Å². The van der Waals surface area contributed by atoms with Crippen molar-refractivity contribution in [1.82, 2.24) is 30.6 Å². The van der Waals surface area contributed by atoms with Gasteiger partial charge in [-0.3, -0.25) is 5.10 Å². The molecule has 28 heavy (non-hydrogen) atoms. The molecule has 1 aliphatic heterocycles. The van der Waals surface area contributed by atoms with E-state index >= 15 is 0 Å². The van der Waals surface area contributed by atoms with Crippen LogP contribution >= 0.6 is 11.6 Å². The van der Waals surface area contributed by atoms with Crippen LogP contribution in [0.3, 0.4) is 0 Å². The van der Waals surface area contributed by atoms with Crippen molar-refractivity contribution in [3.8, 4) is 0 Å². The lowest BCUT2D eigenvalue weighted by atomic mass is 10.0. The fourth-order valence-electron chi connectivity index (χ4n) is 3.93. The summed E-state index contributed by atoms with van der Waals surface area (Å²) in [6, 6.07) is 5.64. The third-order valence-electron chi connectivity index (χ3n) is 5.48. The first-order valence-corrected chi connectivity index (χ1v) is 10.1. The zero-order valence-electron chi connectivity index (χ0n) is 15.9. The third-order valence-corrected chi connectivity index (χ3v) is 5.71. The van der Waals surface area contributed by atoms with Gasteiger partial charge >= 0.3 is 12.1 Å². The lowest BCUT2D eigenvalue weighted by molar-refractivity contribution is 0.116. The largest absolute Gasteiger partial charge is 0.341 e. The number of nitrogens with one attached hydrogen (secondary N) is 3. The van der Waals surface area contributed by atoms with Crippen molar-refractivity contribution in [2.45, 2.75) is 44.3 Å². The van der Waals surface area contributed by atoms with E-state index in [-0.39, 0.29) is 24.1 Å². The van der Waals surface area contributed by atoms with Crippen LogP contribution in [0.25, 0.3) is 10.9 Å². The van der Waals surface area contributed by atoms with Gasteiger partial charge < -0.3 is 20.4 Å². The molecule has 0 bridgehead atoms. The molecule has 1 aromatic carbocycles. The van der Waals surface area contributed by atoms with E-state index in [2.05, 4.69) is 20.8 Å². The zero-order valence-corrected chi connectivity index (χ0v) is 16.6. The Morgan fingerprint density at radius 1 is 1.32 bits per heavy atom. The number of likely N-dealkylation sites (tertiary alicyclic amines) is 1. The molecule has 1 aromatic heterocycles. The fourth-order valence-corrected chi connectivity index (χ4v) is 4.10. The average molecular weight is 405 g/mol. The summed E-state index contributed by atoms with van der Waals surface area (Å²) in [7, 11) is 1.64. The van der Waals surface area contributed by atoms with E-state index in [1.165, 1.54) is 0 Å². The third kappa shape index (κ3) is 3.87. The molecule has 0 spiro atoms. The quantitative estimate of drug-likeness (QED) is 0.731. The first kappa shape index (κ1) is 18.9. The molecule has 8 nitrogen and oxygen atoms in total. The summed E-state index contributed by atoms with van der Waals surface area (Å²) in [4.78, 5) is 28.7. The van der Waals surface area contributed by atoms with Gasteiger partial charge in [-0.15, -0.1) is 0 Å². The molecule has 3 N–H and O–H groups in total. The Labute approximate surface area is 168 Å². The number of halogens is 1. The van der Waals surface area contributed by atoms with Crippen LogP contribution in [0.4, 0.5) is 9.59 Å². The second kappa shape index (κ2) is 7.87. The summed E-state index contributed by atoms with van der Waals surface area (Å²) in [5, 5.41) is 14.5. The highest BCUT2D eigenvalue weighted by molar-refractivity contribution is 6.31. The van der Waals surface area contributed by atoms with Crippen LogP contribution in [0, 0.1) is 0 Å². The minimum Gasteiger partial charge on any atom is -0.341 e. The first-order chi connectivity index (χ1) is 13.6. The van der Waals surface area contributed by atoms with Crippen LogP contribution in [-0.4, -0.2) is 64.3 Å². The number of benzene rings is 1. The van der Waals surface area contributed by atoms with Gasteiger partial charge in [-0.1, -0.05) is 11.6 Å². The van der Waals surface area contributed by atoms with E-state index in [0.717, 1.165) is 48.8 Å². The summed E-state index contributed by atoms with van der Waals surface area (Å²) in [6.07, 6.45) is 3.86. The maximum atomic E-state index is 13.0. The molecule has 1 saturated carbocycles. The van der Waals surface area contributed by atoms with Crippen molar-refractivity contribution in [3.63, 3.8) is 0 Å². The number of fused-ring (bicyclic) bond motifs is 1. The molecule has 2 heterocycles. The Balaban J connectivity index is 1.44. The normalized spacial score (nSPS) is 19.5. The Morgan fingerprint density at radius 3 is 2.89 bits per heavy atom. The predicted molar refractivity (Wildman–Crippen MR) is 107 cm³/mol. The van der Waals surface area contributed by atoms with Crippen molar-refractivity contribution in [3.05, 3.63) is 28.9 Å². The number of nitrogens with zero attached hydrogens (tertiary/aromatic N) is 3. The van der Waals surface area contributed by atoms with Gasteiger partial charge in [0.15, 0.2) is 0 Å². The molecule has 150 valence electrons. The number of piperidine rings is 1. The highest BCUT2D eigenvalue weighted by Crippen LogP contribution is 2.31. The molecule has 9 heteroatoms. The average Bonchev–Trinajstić information content (AvgIpc) is 3.46. The second-order valence-electron chi connectivity index (χ2n) is 7.46. The number of hydrogen-bond acceptors (Lipinski definition) is 3. The van der Waals surface area contributed by atoms with E-state index in [0.29, 0.717) is 18.1 Å². The molecule has 1 aliphatic carbocycles. The minimum absolute atomic E-state index is 0.0477. The van der Waals surface area contributed by atoms with E-state index in [1.807, 2.05) is 17.0 Å². The minimum atomic E-state index is -0.0870. The number of carbonyl (C=O) groups excluding carboxylic acids is 2. The van der Waals surface area contributed by atoms with Crippen LogP contribution in [0.1, 0.15) is 31.4 Å². The molecule has 0 radical (unpaired) electrons. The Morgan fingerprint density at radius 2 is 2.14 bits per heavy atom. The highest BCUT2D eigenvalue weighted by atomic mass is 35.5. The van der Waals surface area contributed by atoms with Crippen LogP contribution in [-0.2, 0) is 6.54 Å². The molecule has 1 atom stereocenters. The molecular formula is C19H25ClN6O2. The lowest BCUT2D eigenvalue weighted by Crippen LogP contribution is -2.56. The maximum Gasteiger partial charge on any atom is 0.318 e. The predicted octanol–water partition coefficient (Wildman–Crippen LogP) is 2.69. The number of carbonyl (C=O) groups is 2. The van der Waals surface area contributed by atoms with Gasteiger partial charge in [0.25, 0.3) is 0 Å². The molecular weight excluding hydrogens is 380 g/mol. The summed E-state index contributed by atoms with van der Waals surface area (Å²) in [5.41, 5.74) is 1.65. The van der Waals surface area contributed by atoms with Crippen molar-refractivity contribution < 1.29 is 9.59 Å². The van der Waals surface area contributed by atoms with Gasteiger partial charge in [-0.2, -0.15) is 5.10 Å². The Bertz CT molecular complexity index is 880. The number of amides is 4. The second-order valence-corrected chi connectivity index (χ2v) is 7.89. The summed E-state index contributed by atoms with van der Waals surface area (Å²) >= 11 is 6.09. The number of hydrogen-bond donors (Lipinski definition) is 3. The van der Waals surface area contributed by atoms with Crippen molar-refractivity contribution >= 4 is 34.6 Å².